The molecule has 0 aliphatic carbocycles. The molecule has 0 aliphatic heterocycles. The highest BCUT2D eigenvalue weighted by Crippen LogP contribution is 2.27. The molecule has 0 spiro atoms. The van der Waals surface area contributed by atoms with Gasteiger partial charge in [-0.3, -0.25) is 0 Å². The molecule has 30 heavy (non-hydrogen) atoms. The smallest absolute Gasteiger partial charge is 0.344 e. The van der Waals surface area contributed by atoms with Crippen molar-refractivity contribution in [2.45, 2.75) is 6.92 Å². The van der Waals surface area contributed by atoms with Gasteiger partial charge in [-0.1, -0.05) is 48.5 Å². The van der Waals surface area contributed by atoms with Crippen molar-refractivity contribution < 1.29 is 19.1 Å². The molecule has 3 rings (SSSR count). The van der Waals surface area contributed by atoms with Crippen molar-refractivity contribution in [3.8, 4) is 22.9 Å². The molecule has 3 aromatic carbocycles. The average molecular weight is 397 g/mol. The zero-order valence-electron chi connectivity index (χ0n) is 16.4. The van der Waals surface area contributed by atoms with Gasteiger partial charge >= 0.3 is 11.9 Å². The van der Waals surface area contributed by atoms with Crippen LogP contribution >= 0.6 is 0 Å². The van der Waals surface area contributed by atoms with E-state index in [0.717, 1.165) is 11.1 Å². The number of hydrogen-bond donors (Lipinski definition) is 0. The monoisotopic (exact) mass is 397 g/mol. The number of nitrogens with zero attached hydrogens (tertiary/aromatic N) is 1. The number of carbonyl (C=O) groups is 2. The summed E-state index contributed by atoms with van der Waals surface area (Å²) < 4.78 is 10.4. The zero-order valence-corrected chi connectivity index (χ0v) is 16.4. The van der Waals surface area contributed by atoms with Crippen molar-refractivity contribution in [3.05, 3.63) is 95.6 Å². The van der Waals surface area contributed by atoms with E-state index in [2.05, 4.69) is 0 Å². The maximum Gasteiger partial charge on any atom is 0.344 e. The van der Waals surface area contributed by atoms with E-state index in [-0.39, 0.29) is 11.3 Å². The Morgan fingerprint density at radius 1 is 1.00 bits per heavy atom. The lowest BCUT2D eigenvalue weighted by molar-refractivity contribution is -0.137. The Labute approximate surface area is 174 Å². The van der Waals surface area contributed by atoms with E-state index in [1.165, 1.54) is 6.08 Å². The summed E-state index contributed by atoms with van der Waals surface area (Å²) in [6, 6.07) is 23.1. The molecule has 5 nitrogen and oxygen atoms in total. The molecule has 0 radical (unpaired) electrons. The minimum Gasteiger partial charge on any atom is -0.463 e. The number of benzene rings is 3. The predicted molar refractivity (Wildman–Crippen MR) is 114 cm³/mol. The first-order chi connectivity index (χ1) is 14.6. The molecule has 0 fully saturated rings. The standard InChI is InChI=1S/C25H19NO4/c1-2-29-24(27)15-14-18-8-7-10-19(16-18)21-11-4-5-12-22(21)25(28)30-23-13-6-3-9-20(23)17-26/h3-16H,2H2,1H3/b15-14+. The van der Waals surface area contributed by atoms with Gasteiger partial charge < -0.3 is 9.47 Å². The number of ether oxygens (including phenoxy) is 2. The first-order valence-electron chi connectivity index (χ1n) is 9.38. The van der Waals surface area contributed by atoms with Gasteiger partial charge in [0.05, 0.1) is 17.7 Å². The van der Waals surface area contributed by atoms with Gasteiger partial charge in [0.15, 0.2) is 0 Å². The molecular formula is C25H19NO4. The van der Waals surface area contributed by atoms with Crippen LogP contribution in [0.15, 0.2) is 78.9 Å². The van der Waals surface area contributed by atoms with Crippen LogP contribution in [0.25, 0.3) is 17.2 Å². The van der Waals surface area contributed by atoms with Crippen LogP contribution in [-0.4, -0.2) is 18.5 Å². The maximum atomic E-state index is 12.8. The first-order valence-corrected chi connectivity index (χ1v) is 9.38. The van der Waals surface area contributed by atoms with Crippen LogP contribution < -0.4 is 4.74 Å². The summed E-state index contributed by atoms with van der Waals surface area (Å²) in [6.07, 6.45) is 3.02. The summed E-state index contributed by atoms with van der Waals surface area (Å²) in [6.45, 7) is 2.06. The van der Waals surface area contributed by atoms with E-state index >= 15 is 0 Å². The highest BCUT2D eigenvalue weighted by atomic mass is 16.5. The highest BCUT2D eigenvalue weighted by molar-refractivity contribution is 5.98. The van der Waals surface area contributed by atoms with E-state index in [1.54, 1.807) is 49.4 Å². The third-order valence-electron chi connectivity index (χ3n) is 4.25. The largest absolute Gasteiger partial charge is 0.463 e. The van der Waals surface area contributed by atoms with Crippen molar-refractivity contribution in [1.29, 1.82) is 5.26 Å². The maximum absolute atomic E-state index is 12.8. The lowest BCUT2D eigenvalue weighted by Gasteiger charge is -2.11. The molecule has 0 bridgehead atoms. The Balaban J connectivity index is 1.90. The van der Waals surface area contributed by atoms with Crippen molar-refractivity contribution in [2.75, 3.05) is 6.61 Å². The minimum absolute atomic E-state index is 0.214. The van der Waals surface area contributed by atoms with Crippen LogP contribution in [0.1, 0.15) is 28.4 Å². The molecule has 148 valence electrons. The van der Waals surface area contributed by atoms with Crippen LogP contribution in [-0.2, 0) is 9.53 Å². The van der Waals surface area contributed by atoms with E-state index < -0.39 is 11.9 Å². The molecule has 3 aromatic rings. The Morgan fingerprint density at radius 3 is 2.57 bits per heavy atom. The Hall–Kier alpha value is -4.17. The van der Waals surface area contributed by atoms with Gasteiger partial charge in [0.1, 0.15) is 11.8 Å². The molecule has 0 aromatic heterocycles. The fourth-order valence-corrected chi connectivity index (χ4v) is 2.88. The van der Waals surface area contributed by atoms with Crippen LogP contribution in [0.4, 0.5) is 0 Å². The Morgan fingerprint density at radius 2 is 1.77 bits per heavy atom. The number of esters is 2. The predicted octanol–water partition coefficient (Wildman–Crippen LogP) is 5.02. The fraction of sp³-hybridized carbons (Fsp3) is 0.0800. The van der Waals surface area contributed by atoms with Gasteiger partial charge in [0.25, 0.3) is 0 Å². The van der Waals surface area contributed by atoms with Gasteiger partial charge in [-0.25, -0.2) is 9.59 Å². The third kappa shape index (κ3) is 5.00. The SMILES string of the molecule is CCOC(=O)/C=C/c1cccc(-c2ccccc2C(=O)Oc2ccccc2C#N)c1. The summed E-state index contributed by atoms with van der Waals surface area (Å²) in [4.78, 5) is 24.4. The summed E-state index contributed by atoms with van der Waals surface area (Å²) >= 11 is 0. The van der Waals surface area contributed by atoms with E-state index in [4.69, 9.17) is 9.47 Å². The molecule has 0 saturated heterocycles. The normalized spacial score (nSPS) is 10.4. The number of hydrogen-bond acceptors (Lipinski definition) is 5. The fourth-order valence-electron chi connectivity index (χ4n) is 2.88. The van der Waals surface area contributed by atoms with Crippen molar-refractivity contribution in [1.82, 2.24) is 0 Å². The molecule has 0 heterocycles. The molecule has 0 saturated carbocycles. The molecule has 0 atom stereocenters. The topological polar surface area (TPSA) is 76.4 Å². The number of para-hydroxylation sites is 1. The zero-order chi connectivity index (χ0) is 21.3. The lowest BCUT2D eigenvalue weighted by Crippen LogP contribution is -2.10. The van der Waals surface area contributed by atoms with Crippen molar-refractivity contribution in [2.24, 2.45) is 0 Å². The third-order valence-corrected chi connectivity index (χ3v) is 4.25. The van der Waals surface area contributed by atoms with Crippen LogP contribution in [0, 0.1) is 11.3 Å². The van der Waals surface area contributed by atoms with Gasteiger partial charge in [0.2, 0.25) is 0 Å². The first kappa shape index (κ1) is 20.6. The second-order valence-electron chi connectivity index (χ2n) is 6.25. The minimum atomic E-state index is -0.555. The summed E-state index contributed by atoms with van der Waals surface area (Å²) in [5.41, 5.74) is 2.93. The van der Waals surface area contributed by atoms with Gasteiger partial charge in [-0.15, -0.1) is 0 Å². The highest BCUT2D eigenvalue weighted by Gasteiger charge is 2.16. The number of rotatable bonds is 6. The van der Waals surface area contributed by atoms with Crippen molar-refractivity contribution in [3.63, 3.8) is 0 Å². The molecule has 0 N–H and O–H groups in total. The molecule has 0 unspecified atom stereocenters. The second kappa shape index (κ2) is 9.85. The number of carbonyl (C=O) groups excluding carboxylic acids is 2. The summed E-state index contributed by atoms with van der Waals surface area (Å²) in [5.74, 6) is -0.755. The van der Waals surface area contributed by atoms with Crippen molar-refractivity contribution >= 4 is 18.0 Å². The second-order valence-corrected chi connectivity index (χ2v) is 6.25. The van der Waals surface area contributed by atoms with Gasteiger partial charge in [-0.05, 0) is 54.0 Å². The van der Waals surface area contributed by atoms with Crippen LogP contribution in [0.5, 0.6) is 5.75 Å². The van der Waals surface area contributed by atoms with Gasteiger partial charge in [0, 0.05) is 6.08 Å². The summed E-state index contributed by atoms with van der Waals surface area (Å²) in [5, 5.41) is 9.21. The Kier molecular flexibility index (Phi) is 6.75. The molecule has 0 amide bonds. The van der Waals surface area contributed by atoms with E-state index in [0.29, 0.717) is 17.7 Å². The molecule has 5 heteroatoms. The number of nitriles is 1. The Bertz CT molecular complexity index is 1140. The average Bonchev–Trinajstić information content (AvgIpc) is 2.78. The van der Waals surface area contributed by atoms with Gasteiger partial charge in [-0.2, -0.15) is 5.26 Å². The molecule has 0 aliphatic rings. The van der Waals surface area contributed by atoms with E-state index in [1.807, 2.05) is 42.5 Å². The summed E-state index contributed by atoms with van der Waals surface area (Å²) in [7, 11) is 0. The van der Waals surface area contributed by atoms with E-state index in [9.17, 15) is 14.9 Å². The van der Waals surface area contributed by atoms with Crippen LogP contribution in [0.3, 0.4) is 0 Å². The quantitative estimate of drug-likeness (QED) is 0.332. The van der Waals surface area contributed by atoms with Crippen LogP contribution in [0.2, 0.25) is 0 Å². The molecular weight excluding hydrogens is 378 g/mol. The lowest BCUT2D eigenvalue weighted by atomic mass is 9.98.